The van der Waals surface area contributed by atoms with Crippen LogP contribution in [0, 0.1) is 0 Å². The van der Waals surface area contributed by atoms with Gasteiger partial charge in [-0.2, -0.15) is 0 Å². The SMILES string of the molecule is CCCCCCCCCC/C=C\CCCCCCCCCCCCCCCCCCCC(=O)OCC(COC(=O)CCCCCCCCCCC)OC(=O)CCCCCCCCCCCCCCCCCCCCCCCCCCCCC. The molecule has 0 aliphatic carbocycles. The Bertz CT molecular complexity index is 1300. The number of ether oxygens (including phenoxy) is 3. The molecular weight excluding hydrogens is 1020 g/mol. The van der Waals surface area contributed by atoms with Crippen molar-refractivity contribution in [3.05, 3.63) is 12.2 Å². The topological polar surface area (TPSA) is 78.9 Å². The highest BCUT2D eigenvalue weighted by atomic mass is 16.6. The van der Waals surface area contributed by atoms with Crippen LogP contribution in [0.5, 0.6) is 0 Å². The van der Waals surface area contributed by atoms with Gasteiger partial charge in [-0.3, -0.25) is 14.4 Å². The molecular formula is C77H148O6. The van der Waals surface area contributed by atoms with E-state index in [0.717, 1.165) is 57.8 Å². The molecule has 0 radical (unpaired) electrons. The number of rotatable bonds is 72. The van der Waals surface area contributed by atoms with Crippen LogP contribution in [-0.4, -0.2) is 37.2 Å². The van der Waals surface area contributed by atoms with Gasteiger partial charge in [-0.15, -0.1) is 0 Å². The summed E-state index contributed by atoms with van der Waals surface area (Å²) in [5, 5.41) is 0. The van der Waals surface area contributed by atoms with Gasteiger partial charge in [0.05, 0.1) is 0 Å². The van der Waals surface area contributed by atoms with Gasteiger partial charge in [0.15, 0.2) is 6.10 Å². The molecule has 0 heterocycles. The Kier molecular flexibility index (Phi) is 71.0. The average Bonchev–Trinajstić information content (AvgIpc) is 3.49. The standard InChI is InChI=1S/C77H148O6/c1-4-7-10-13-16-19-21-23-25-27-29-31-33-35-37-38-40-41-43-45-47-49-51-53-55-58-61-64-67-70-76(79)82-73-74(72-81-75(78)69-66-63-60-57-18-15-12-9-6-3)83-77(80)71-68-65-62-59-56-54-52-50-48-46-44-42-39-36-34-32-30-28-26-24-22-20-17-14-11-8-5-2/h27,29,74H,4-26,28,30-73H2,1-3H3/b29-27-. The molecule has 492 valence electrons. The summed E-state index contributed by atoms with van der Waals surface area (Å²) in [6.45, 7) is 6.72. The van der Waals surface area contributed by atoms with Crippen LogP contribution < -0.4 is 0 Å². The monoisotopic (exact) mass is 1170 g/mol. The molecule has 0 amide bonds. The molecule has 0 rings (SSSR count). The van der Waals surface area contributed by atoms with Crippen molar-refractivity contribution in [3.8, 4) is 0 Å². The highest BCUT2D eigenvalue weighted by Gasteiger charge is 2.20. The van der Waals surface area contributed by atoms with Gasteiger partial charge in [-0.1, -0.05) is 392 Å². The number of unbranched alkanes of at least 4 members (excludes halogenated alkanes) is 59. The smallest absolute Gasteiger partial charge is 0.306 e. The molecule has 0 fully saturated rings. The molecule has 0 spiro atoms. The first-order valence-corrected chi connectivity index (χ1v) is 38.2. The molecule has 83 heavy (non-hydrogen) atoms. The van der Waals surface area contributed by atoms with E-state index in [0.29, 0.717) is 19.3 Å². The van der Waals surface area contributed by atoms with Crippen LogP contribution in [0.2, 0.25) is 0 Å². The van der Waals surface area contributed by atoms with Crippen LogP contribution in [-0.2, 0) is 28.6 Å². The minimum Gasteiger partial charge on any atom is -0.462 e. The van der Waals surface area contributed by atoms with E-state index >= 15 is 0 Å². The summed E-state index contributed by atoms with van der Waals surface area (Å²) < 4.78 is 17.0. The van der Waals surface area contributed by atoms with Gasteiger partial charge < -0.3 is 14.2 Å². The van der Waals surface area contributed by atoms with Crippen LogP contribution in [0.1, 0.15) is 445 Å². The van der Waals surface area contributed by atoms with E-state index in [1.807, 2.05) is 0 Å². The first-order chi connectivity index (χ1) is 41.0. The third kappa shape index (κ3) is 70.8. The fourth-order valence-electron chi connectivity index (χ4n) is 12.0. The zero-order valence-electron chi connectivity index (χ0n) is 56.8. The highest BCUT2D eigenvalue weighted by molar-refractivity contribution is 5.71. The Morgan fingerprint density at radius 3 is 0.602 bits per heavy atom. The van der Waals surface area contributed by atoms with E-state index in [2.05, 4.69) is 32.9 Å². The molecule has 0 bridgehead atoms. The molecule has 0 N–H and O–H groups in total. The zero-order valence-corrected chi connectivity index (χ0v) is 56.8. The van der Waals surface area contributed by atoms with Crippen LogP contribution in [0.25, 0.3) is 0 Å². The Balaban J connectivity index is 4.04. The number of esters is 3. The van der Waals surface area contributed by atoms with Gasteiger partial charge in [0, 0.05) is 19.3 Å². The molecule has 1 unspecified atom stereocenters. The normalized spacial score (nSPS) is 12.0. The van der Waals surface area contributed by atoms with E-state index < -0.39 is 6.10 Å². The Morgan fingerprint density at radius 2 is 0.398 bits per heavy atom. The van der Waals surface area contributed by atoms with Crippen molar-refractivity contribution < 1.29 is 28.6 Å². The van der Waals surface area contributed by atoms with E-state index in [4.69, 9.17) is 14.2 Å². The fraction of sp³-hybridized carbons (Fsp3) is 0.935. The lowest BCUT2D eigenvalue weighted by molar-refractivity contribution is -0.167. The summed E-state index contributed by atoms with van der Waals surface area (Å²) in [5.74, 6) is -0.828. The second-order valence-corrected chi connectivity index (χ2v) is 26.3. The molecule has 0 aromatic rings. The summed E-state index contributed by atoms with van der Waals surface area (Å²) in [5.41, 5.74) is 0. The zero-order chi connectivity index (χ0) is 59.9. The van der Waals surface area contributed by atoms with Gasteiger partial charge in [0.1, 0.15) is 13.2 Å². The van der Waals surface area contributed by atoms with Crippen LogP contribution >= 0.6 is 0 Å². The summed E-state index contributed by atoms with van der Waals surface area (Å²) in [7, 11) is 0. The van der Waals surface area contributed by atoms with E-state index in [-0.39, 0.29) is 31.1 Å². The summed E-state index contributed by atoms with van der Waals surface area (Å²) >= 11 is 0. The molecule has 6 heteroatoms. The number of allylic oxidation sites excluding steroid dienone is 2. The lowest BCUT2D eigenvalue weighted by atomic mass is 10.0. The summed E-state index contributed by atoms with van der Waals surface area (Å²) in [6.07, 6.45) is 88.6. The molecule has 0 saturated carbocycles. The Labute approximate surface area is 520 Å². The number of hydrogen-bond donors (Lipinski definition) is 0. The number of carbonyl (C=O) groups is 3. The van der Waals surface area contributed by atoms with Crippen LogP contribution in [0.3, 0.4) is 0 Å². The van der Waals surface area contributed by atoms with Gasteiger partial charge >= 0.3 is 17.9 Å². The maximum atomic E-state index is 12.9. The molecule has 0 aliphatic heterocycles. The largest absolute Gasteiger partial charge is 0.462 e. The molecule has 0 aliphatic rings. The minimum atomic E-state index is -0.765. The van der Waals surface area contributed by atoms with E-state index in [1.54, 1.807) is 0 Å². The first-order valence-electron chi connectivity index (χ1n) is 38.2. The van der Waals surface area contributed by atoms with Crippen molar-refractivity contribution in [2.75, 3.05) is 13.2 Å². The molecule has 6 nitrogen and oxygen atoms in total. The molecule has 1 atom stereocenters. The second-order valence-electron chi connectivity index (χ2n) is 26.3. The number of carbonyl (C=O) groups excluding carboxylic acids is 3. The third-order valence-electron chi connectivity index (χ3n) is 17.8. The van der Waals surface area contributed by atoms with Crippen molar-refractivity contribution >= 4 is 17.9 Å². The number of hydrogen-bond acceptors (Lipinski definition) is 6. The summed E-state index contributed by atoms with van der Waals surface area (Å²) in [6, 6.07) is 0. The highest BCUT2D eigenvalue weighted by Crippen LogP contribution is 2.20. The second kappa shape index (κ2) is 72.6. The average molecular weight is 1170 g/mol. The van der Waals surface area contributed by atoms with E-state index in [1.165, 1.54) is 347 Å². The lowest BCUT2D eigenvalue weighted by Gasteiger charge is -2.18. The van der Waals surface area contributed by atoms with Crippen molar-refractivity contribution in [3.63, 3.8) is 0 Å². The molecule has 0 aromatic heterocycles. The van der Waals surface area contributed by atoms with Gasteiger partial charge in [0.2, 0.25) is 0 Å². The Hall–Kier alpha value is -1.85. The van der Waals surface area contributed by atoms with Crippen molar-refractivity contribution in [2.45, 2.75) is 451 Å². The predicted molar refractivity (Wildman–Crippen MR) is 363 cm³/mol. The lowest BCUT2D eigenvalue weighted by Crippen LogP contribution is -2.30. The van der Waals surface area contributed by atoms with Crippen molar-refractivity contribution in [2.24, 2.45) is 0 Å². The van der Waals surface area contributed by atoms with Crippen molar-refractivity contribution in [1.82, 2.24) is 0 Å². The van der Waals surface area contributed by atoms with Crippen molar-refractivity contribution in [1.29, 1.82) is 0 Å². The molecule has 0 aromatic carbocycles. The maximum absolute atomic E-state index is 12.9. The summed E-state index contributed by atoms with van der Waals surface area (Å²) in [4.78, 5) is 38.4. The van der Waals surface area contributed by atoms with Gasteiger partial charge in [-0.05, 0) is 44.9 Å². The first kappa shape index (κ1) is 81.2. The third-order valence-corrected chi connectivity index (χ3v) is 17.8. The fourth-order valence-corrected chi connectivity index (χ4v) is 12.0. The molecule has 0 saturated heterocycles. The maximum Gasteiger partial charge on any atom is 0.306 e. The quantitative estimate of drug-likeness (QED) is 0.0261. The van der Waals surface area contributed by atoms with Crippen LogP contribution in [0.15, 0.2) is 12.2 Å². The van der Waals surface area contributed by atoms with Crippen LogP contribution in [0.4, 0.5) is 0 Å². The predicted octanol–water partition coefficient (Wildman–Crippen LogP) is 26.3. The minimum absolute atomic E-state index is 0.0623. The Morgan fingerprint density at radius 1 is 0.229 bits per heavy atom. The van der Waals surface area contributed by atoms with E-state index in [9.17, 15) is 14.4 Å². The van der Waals surface area contributed by atoms with Gasteiger partial charge in [0.25, 0.3) is 0 Å². The van der Waals surface area contributed by atoms with Gasteiger partial charge in [-0.25, -0.2) is 0 Å².